The number of aromatic nitrogens is 1. The molecule has 0 aliphatic heterocycles. The number of anilines is 1. The van der Waals surface area contributed by atoms with Crippen LogP contribution in [0.3, 0.4) is 0 Å². The zero-order chi connectivity index (χ0) is 11.1. The number of hydrogen-bond donors (Lipinski definition) is 3. The van der Waals surface area contributed by atoms with Crippen molar-refractivity contribution in [3.63, 3.8) is 0 Å². The van der Waals surface area contributed by atoms with Gasteiger partial charge < -0.3 is 10.5 Å². The summed E-state index contributed by atoms with van der Waals surface area (Å²) in [6.45, 7) is 0.690. The van der Waals surface area contributed by atoms with E-state index >= 15 is 0 Å². The molecule has 1 unspecified atom stereocenters. The van der Waals surface area contributed by atoms with Gasteiger partial charge in [0.2, 0.25) is 0 Å². The zero-order valence-electron chi connectivity index (χ0n) is 8.94. The third-order valence-corrected chi connectivity index (χ3v) is 2.23. The Balaban J connectivity index is 2.50. The predicted octanol–water partition coefficient (Wildman–Crippen LogP) is 0.0747. The van der Waals surface area contributed by atoms with Crippen LogP contribution in [0.4, 0.5) is 5.82 Å². The van der Waals surface area contributed by atoms with E-state index in [0.29, 0.717) is 12.4 Å². The zero-order valence-corrected chi connectivity index (χ0v) is 8.94. The molecule has 1 aromatic rings. The van der Waals surface area contributed by atoms with Gasteiger partial charge in [-0.25, -0.2) is 4.98 Å². The molecule has 1 heterocycles. The van der Waals surface area contributed by atoms with E-state index in [1.165, 1.54) is 0 Å². The molecule has 1 rings (SSSR count). The Morgan fingerprint density at radius 1 is 1.60 bits per heavy atom. The Bertz CT molecular complexity index is 293. The second-order valence-corrected chi connectivity index (χ2v) is 3.44. The highest BCUT2D eigenvalue weighted by Crippen LogP contribution is 2.07. The normalized spacial score (nSPS) is 12.7. The molecule has 5 heteroatoms. The SMILES string of the molecule is COCCC(Cc1ccnc(N)c1)NN. The van der Waals surface area contributed by atoms with Crippen molar-refractivity contribution in [2.45, 2.75) is 18.9 Å². The quantitative estimate of drug-likeness (QED) is 0.457. The number of pyridine rings is 1. The van der Waals surface area contributed by atoms with Crippen LogP contribution in [0.2, 0.25) is 0 Å². The fraction of sp³-hybridized carbons (Fsp3) is 0.500. The van der Waals surface area contributed by atoms with E-state index in [1.54, 1.807) is 13.3 Å². The van der Waals surface area contributed by atoms with Crippen LogP contribution in [0.15, 0.2) is 18.3 Å². The second kappa shape index (κ2) is 6.34. The molecule has 0 aromatic carbocycles. The maximum absolute atomic E-state index is 5.59. The van der Waals surface area contributed by atoms with Crippen LogP contribution in [-0.2, 0) is 11.2 Å². The minimum Gasteiger partial charge on any atom is -0.385 e. The minimum atomic E-state index is 0.201. The van der Waals surface area contributed by atoms with E-state index in [-0.39, 0.29) is 6.04 Å². The molecule has 5 nitrogen and oxygen atoms in total. The first-order valence-electron chi connectivity index (χ1n) is 4.91. The Labute approximate surface area is 89.8 Å². The van der Waals surface area contributed by atoms with Crippen molar-refractivity contribution in [2.75, 3.05) is 19.5 Å². The number of ether oxygens (including phenoxy) is 1. The first kappa shape index (κ1) is 11.9. The van der Waals surface area contributed by atoms with Gasteiger partial charge in [-0.3, -0.25) is 11.3 Å². The average Bonchev–Trinajstić information content (AvgIpc) is 2.24. The summed E-state index contributed by atoms with van der Waals surface area (Å²) in [6.07, 6.45) is 3.40. The first-order chi connectivity index (χ1) is 7.26. The lowest BCUT2D eigenvalue weighted by Crippen LogP contribution is -2.37. The molecular weight excluding hydrogens is 192 g/mol. The Hall–Kier alpha value is -1.17. The van der Waals surface area contributed by atoms with Gasteiger partial charge in [0.05, 0.1) is 0 Å². The standard InChI is InChI=1S/C10H18N4O/c1-15-5-3-9(14-12)6-8-2-4-13-10(11)7-8/h2,4,7,9,14H,3,5-6,12H2,1H3,(H2,11,13). The summed E-state index contributed by atoms with van der Waals surface area (Å²) in [5, 5.41) is 0. The van der Waals surface area contributed by atoms with Crippen molar-refractivity contribution < 1.29 is 4.74 Å². The van der Waals surface area contributed by atoms with Crippen LogP contribution in [0, 0.1) is 0 Å². The average molecular weight is 210 g/mol. The van der Waals surface area contributed by atoms with Gasteiger partial charge in [-0.15, -0.1) is 0 Å². The first-order valence-corrected chi connectivity index (χ1v) is 4.91. The van der Waals surface area contributed by atoms with Crippen LogP contribution >= 0.6 is 0 Å². The van der Waals surface area contributed by atoms with Crippen molar-refractivity contribution in [3.8, 4) is 0 Å². The van der Waals surface area contributed by atoms with Crippen LogP contribution in [0.1, 0.15) is 12.0 Å². The van der Waals surface area contributed by atoms with E-state index in [9.17, 15) is 0 Å². The van der Waals surface area contributed by atoms with Crippen molar-refractivity contribution in [3.05, 3.63) is 23.9 Å². The smallest absolute Gasteiger partial charge is 0.123 e. The highest BCUT2D eigenvalue weighted by molar-refractivity contribution is 5.32. The van der Waals surface area contributed by atoms with Crippen LogP contribution < -0.4 is 17.0 Å². The maximum atomic E-state index is 5.59. The fourth-order valence-electron chi connectivity index (χ4n) is 1.41. The van der Waals surface area contributed by atoms with Crippen molar-refractivity contribution in [1.82, 2.24) is 10.4 Å². The lowest BCUT2D eigenvalue weighted by atomic mass is 10.1. The fourth-order valence-corrected chi connectivity index (χ4v) is 1.41. The summed E-state index contributed by atoms with van der Waals surface area (Å²) in [4.78, 5) is 3.94. The number of nitrogens with two attached hydrogens (primary N) is 2. The second-order valence-electron chi connectivity index (χ2n) is 3.44. The molecule has 15 heavy (non-hydrogen) atoms. The molecule has 0 amide bonds. The number of rotatable bonds is 6. The van der Waals surface area contributed by atoms with E-state index in [4.69, 9.17) is 16.3 Å². The molecule has 0 fully saturated rings. The molecule has 0 aliphatic rings. The Morgan fingerprint density at radius 2 is 2.40 bits per heavy atom. The highest BCUT2D eigenvalue weighted by atomic mass is 16.5. The Morgan fingerprint density at radius 3 is 3.00 bits per heavy atom. The van der Waals surface area contributed by atoms with Gasteiger partial charge in [0, 0.05) is 26.0 Å². The van der Waals surface area contributed by atoms with Crippen molar-refractivity contribution in [2.24, 2.45) is 5.84 Å². The summed E-state index contributed by atoms with van der Waals surface area (Å²) in [7, 11) is 1.68. The van der Waals surface area contributed by atoms with Gasteiger partial charge in [-0.1, -0.05) is 0 Å². The van der Waals surface area contributed by atoms with E-state index in [1.807, 2.05) is 12.1 Å². The van der Waals surface area contributed by atoms with Crippen molar-refractivity contribution in [1.29, 1.82) is 0 Å². The van der Waals surface area contributed by atoms with Crippen LogP contribution in [-0.4, -0.2) is 24.7 Å². The van der Waals surface area contributed by atoms with Gasteiger partial charge >= 0.3 is 0 Å². The van der Waals surface area contributed by atoms with Gasteiger partial charge in [0.25, 0.3) is 0 Å². The van der Waals surface area contributed by atoms with E-state index in [2.05, 4.69) is 10.4 Å². The topological polar surface area (TPSA) is 86.2 Å². The number of nitrogens with one attached hydrogen (secondary N) is 1. The molecule has 0 aliphatic carbocycles. The monoisotopic (exact) mass is 210 g/mol. The Kier molecular flexibility index (Phi) is 5.03. The molecule has 0 saturated carbocycles. The lowest BCUT2D eigenvalue weighted by Gasteiger charge is -2.15. The third-order valence-electron chi connectivity index (χ3n) is 2.23. The molecule has 0 spiro atoms. The maximum Gasteiger partial charge on any atom is 0.123 e. The van der Waals surface area contributed by atoms with Gasteiger partial charge in [-0.2, -0.15) is 0 Å². The van der Waals surface area contributed by atoms with Gasteiger partial charge in [0.1, 0.15) is 5.82 Å². The number of nitrogen functional groups attached to an aromatic ring is 1. The third kappa shape index (κ3) is 4.24. The molecule has 0 radical (unpaired) electrons. The van der Waals surface area contributed by atoms with Crippen molar-refractivity contribution >= 4 is 5.82 Å². The largest absolute Gasteiger partial charge is 0.385 e. The van der Waals surface area contributed by atoms with E-state index in [0.717, 1.165) is 18.4 Å². The van der Waals surface area contributed by atoms with Crippen LogP contribution in [0.5, 0.6) is 0 Å². The summed E-state index contributed by atoms with van der Waals surface area (Å²) in [5.41, 5.74) is 9.48. The van der Waals surface area contributed by atoms with Gasteiger partial charge in [0.15, 0.2) is 0 Å². The highest BCUT2D eigenvalue weighted by Gasteiger charge is 2.07. The summed E-state index contributed by atoms with van der Waals surface area (Å²) in [6, 6.07) is 4.00. The van der Waals surface area contributed by atoms with Gasteiger partial charge in [-0.05, 0) is 30.5 Å². The molecular formula is C10H18N4O. The molecule has 0 bridgehead atoms. The van der Waals surface area contributed by atoms with Crippen LogP contribution in [0.25, 0.3) is 0 Å². The number of methoxy groups -OCH3 is 1. The van der Waals surface area contributed by atoms with E-state index < -0.39 is 0 Å². The molecule has 1 atom stereocenters. The number of hydrazine groups is 1. The summed E-state index contributed by atoms with van der Waals surface area (Å²) < 4.78 is 5.00. The minimum absolute atomic E-state index is 0.201. The number of hydrogen-bond acceptors (Lipinski definition) is 5. The molecule has 84 valence electrons. The predicted molar refractivity (Wildman–Crippen MR) is 60.0 cm³/mol. The summed E-state index contributed by atoms with van der Waals surface area (Å²) in [5.74, 6) is 5.98. The lowest BCUT2D eigenvalue weighted by molar-refractivity contribution is 0.182. The molecule has 1 aromatic heterocycles. The summed E-state index contributed by atoms with van der Waals surface area (Å²) >= 11 is 0. The molecule has 5 N–H and O–H groups in total. The number of nitrogens with zero attached hydrogens (tertiary/aromatic N) is 1. The molecule has 0 saturated heterocycles.